The number of aliphatic carboxylic acids is 1. The molecule has 6 atom stereocenters. The Balaban J connectivity index is 1.54. The highest BCUT2D eigenvalue weighted by Crippen LogP contribution is 2.46. The molecule has 2 fully saturated rings. The molecule has 28 heavy (non-hydrogen) atoms. The number of fused-ring (bicyclic) bond motifs is 2. The van der Waals surface area contributed by atoms with Crippen molar-refractivity contribution in [3.05, 3.63) is 60.2 Å². The van der Waals surface area contributed by atoms with Gasteiger partial charge in [0, 0.05) is 17.6 Å². The fourth-order valence-corrected chi connectivity index (χ4v) is 4.85. The van der Waals surface area contributed by atoms with Crippen LogP contribution < -0.4 is 0 Å². The summed E-state index contributed by atoms with van der Waals surface area (Å²) in [6, 6.07) is 10.1. The van der Waals surface area contributed by atoms with Gasteiger partial charge in [0.2, 0.25) is 0 Å². The highest BCUT2D eigenvalue weighted by Gasteiger charge is 2.46. The van der Waals surface area contributed by atoms with Gasteiger partial charge in [0.15, 0.2) is 0 Å². The van der Waals surface area contributed by atoms with Crippen LogP contribution in [0, 0.1) is 11.8 Å². The smallest absolute Gasteiger partial charge is 0.313 e. The van der Waals surface area contributed by atoms with Crippen LogP contribution in [0.5, 0.6) is 0 Å². The van der Waals surface area contributed by atoms with Crippen LogP contribution in [0.4, 0.5) is 0 Å². The summed E-state index contributed by atoms with van der Waals surface area (Å²) in [6.45, 7) is 2.05. The van der Waals surface area contributed by atoms with Crippen LogP contribution in [-0.4, -0.2) is 46.0 Å². The maximum atomic E-state index is 10.6. The number of ether oxygens (including phenoxy) is 1. The Morgan fingerprint density at radius 2 is 2.00 bits per heavy atom. The van der Waals surface area contributed by atoms with E-state index in [2.05, 4.69) is 37.3 Å². The standard InChI is InChI=1S/C23H30O4S/c1-16(17-7-3-2-4-8-17)20(24)11-10-19-18(21-12-13-22(19)27-21)9-5-6-14-28-15-23(25)26/h2-8,10-11,16,18-22,24H,9,12-15H2,1H3,(H,25,26)/t16?,18-,19+,20?,21-,22+/m0/s1. The summed E-state index contributed by atoms with van der Waals surface area (Å²) < 4.78 is 6.13. The largest absolute Gasteiger partial charge is 0.481 e. The van der Waals surface area contributed by atoms with Gasteiger partial charge in [0.05, 0.1) is 24.1 Å². The molecule has 2 saturated heterocycles. The Morgan fingerprint density at radius 1 is 1.25 bits per heavy atom. The van der Waals surface area contributed by atoms with Crippen LogP contribution in [-0.2, 0) is 9.53 Å². The van der Waals surface area contributed by atoms with Crippen molar-refractivity contribution in [2.24, 2.45) is 11.8 Å². The number of carbonyl (C=O) groups is 1. The second-order valence-corrected chi connectivity index (χ2v) is 8.75. The zero-order chi connectivity index (χ0) is 19.9. The lowest BCUT2D eigenvalue weighted by atomic mass is 9.77. The van der Waals surface area contributed by atoms with Crippen molar-refractivity contribution >= 4 is 17.7 Å². The molecule has 0 spiro atoms. The van der Waals surface area contributed by atoms with Gasteiger partial charge in [-0.3, -0.25) is 4.79 Å². The molecule has 3 rings (SSSR count). The molecule has 2 bridgehead atoms. The van der Waals surface area contributed by atoms with E-state index in [1.165, 1.54) is 11.8 Å². The minimum absolute atomic E-state index is 0.0570. The lowest BCUT2D eigenvalue weighted by molar-refractivity contribution is -0.133. The van der Waals surface area contributed by atoms with Crippen LogP contribution in [0.2, 0.25) is 0 Å². The van der Waals surface area contributed by atoms with Crippen LogP contribution in [0.25, 0.3) is 0 Å². The molecule has 0 radical (unpaired) electrons. The number of carboxylic acids is 1. The summed E-state index contributed by atoms with van der Waals surface area (Å²) in [7, 11) is 0. The maximum Gasteiger partial charge on any atom is 0.313 e. The fraction of sp³-hybridized carbons (Fsp3) is 0.522. The van der Waals surface area contributed by atoms with E-state index in [4.69, 9.17) is 9.84 Å². The predicted octanol–water partition coefficient (Wildman–Crippen LogP) is 4.26. The van der Waals surface area contributed by atoms with Crippen LogP contribution in [0.3, 0.4) is 0 Å². The van der Waals surface area contributed by atoms with E-state index >= 15 is 0 Å². The number of hydrogen-bond acceptors (Lipinski definition) is 4. The molecule has 0 aliphatic carbocycles. The molecule has 2 unspecified atom stereocenters. The first-order valence-corrected chi connectivity index (χ1v) is 11.2. The van der Waals surface area contributed by atoms with E-state index in [-0.39, 0.29) is 17.8 Å². The van der Waals surface area contributed by atoms with E-state index in [1.807, 2.05) is 24.3 Å². The molecule has 2 aliphatic heterocycles. The number of aliphatic hydroxyl groups is 1. The summed E-state index contributed by atoms with van der Waals surface area (Å²) in [4.78, 5) is 10.5. The van der Waals surface area contributed by atoms with Crippen molar-refractivity contribution in [2.45, 2.75) is 50.4 Å². The van der Waals surface area contributed by atoms with Crippen molar-refractivity contribution in [3.8, 4) is 0 Å². The van der Waals surface area contributed by atoms with Gasteiger partial charge in [-0.15, -0.1) is 11.8 Å². The lowest BCUT2D eigenvalue weighted by Crippen LogP contribution is -2.26. The number of benzene rings is 1. The summed E-state index contributed by atoms with van der Waals surface area (Å²) in [5, 5.41) is 19.3. The van der Waals surface area contributed by atoms with Crippen molar-refractivity contribution in [1.29, 1.82) is 0 Å². The molecule has 4 nitrogen and oxygen atoms in total. The van der Waals surface area contributed by atoms with E-state index in [0.29, 0.717) is 17.9 Å². The van der Waals surface area contributed by atoms with Crippen LogP contribution in [0.1, 0.15) is 37.7 Å². The molecule has 2 aliphatic rings. The molecule has 2 N–H and O–H groups in total. The summed E-state index contributed by atoms with van der Waals surface area (Å²) in [5.41, 5.74) is 1.14. The molecular weight excluding hydrogens is 372 g/mol. The molecule has 0 saturated carbocycles. The second-order valence-electron chi connectivity index (χ2n) is 7.72. The molecule has 152 valence electrons. The highest BCUT2D eigenvalue weighted by molar-refractivity contribution is 8.00. The molecule has 0 amide bonds. The second kappa shape index (κ2) is 10.3. The summed E-state index contributed by atoms with van der Waals surface area (Å²) in [6.07, 6.45) is 11.6. The van der Waals surface area contributed by atoms with Gasteiger partial charge in [-0.1, -0.05) is 61.6 Å². The maximum absolute atomic E-state index is 10.6. The molecule has 0 aromatic heterocycles. The van der Waals surface area contributed by atoms with Gasteiger partial charge in [-0.25, -0.2) is 0 Å². The van der Waals surface area contributed by atoms with Crippen molar-refractivity contribution in [1.82, 2.24) is 0 Å². The molecule has 5 heteroatoms. The first-order chi connectivity index (χ1) is 13.6. The Morgan fingerprint density at radius 3 is 2.75 bits per heavy atom. The number of allylic oxidation sites excluding steroid dienone is 1. The van der Waals surface area contributed by atoms with E-state index in [0.717, 1.165) is 30.6 Å². The molecule has 1 aromatic rings. The van der Waals surface area contributed by atoms with E-state index < -0.39 is 12.1 Å². The summed E-state index contributed by atoms with van der Waals surface area (Å²) in [5.74, 6) is 0.935. The van der Waals surface area contributed by atoms with Gasteiger partial charge in [-0.05, 0) is 30.7 Å². The number of hydrogen-bond donors (Lipinski definition) is 2. The number of carboxylic acid groups (broad SMARTS) is 1. The predicted molar refractivity (Wildman–Crippen MR) is 114 cm³/mol. The zero-order valence-electron chi connectivity index (χ0n) is 16.3. The number of rotatable bonds is 10. The number of thioether (sulfide) groups is 1. The molecule has 1 aromatic carbocycles. The Labute approximate surface area is 171 Å². The fourth-order valence-electron chi connectivity index (χ4n) is 4.28. The highest BCUT2D eigenvalue weighted by atomic mass is 32.2. The van der Waals surface area contributed by atoms with Crippen molar-refractivity contribution in [2.75, 3.05) is 11.5 Å². The van der Waals surface area contributed by atoms with Crippen molar-refractivity contribution in [3.63, 3.8) is 0 Å². The van der Waals surface area contributed by atoms with Gasteiger partial charge < -0.3 is 14.9 Å². The third-order valence-electron chi connectivity index (χ3n) is 5.87. The van der Waals surface area contributed by atoms with Gasteiger partial charge >= 0.3 is 5.97 Å². The average molecular weight is 403 g/mol. The Hall–Kier alpha value is -1.56. The topological polar surface area (TPSA) is 66.8 Å². The Kier molecular flexibility index (Phi) is 7.77. The first-order valence-electron chi connectivity index (χ1n) is 10.1. The normalized spacial score (nSPS) is 28.9. The van der Waals surface area contributed by atoms with Crippen molar-refractivity contribution < 1.29 is 19.7 Å². The first kappa shape index (κ1) is 21.2. The van der Waals surface area contributed by atoms with E-state index in [9.17, 15) is 9.90 Å². The zero-order valence-corrected chi connectivity index (χ0v) is 17.1. The Bertz CT molecular complexity index is 687. The monoisotopic (exact) mass is 402 g/mol. The summed E-state index contributed by atoms with van der Waals surface area (Å²) >= 11 is 1.41. The average Bonchev–Trinajstić information content (AvgIpc) is 3.30. The van der Waals surface area contributed by atoms with Crippen LogP contribution >= 0.6 is 11.8 Å². The van der Waals surface area contributed by atoms with Gasteiger partial charge in [0.1, 0.15) is 0 Å². The van der Waals surface area contributed by atoms with Gasteiger partial charge in [0.25, 0.3) is 0 Å². The third kappa shape index (κ3) is 5.49. The number of aliphatic hydroxyl groups excluding tert-OH is 1. The lowest BCUT2D eigenvalue weighted by Gasteiger charge is -2.25. The quantitative estimate of drug-likeness (QED) is 0.452. The SMILES string of the molecule is CC(c1ccccc1)C(O)C=C[C@@H]1[C@H](CC=CCSCC(=O)O)[C@@H]2CC[C@H]1O2. The van der Waals surface area contributed by atoms with Gasteiger partial charge in [-0.2, -0.15) is 0 Å². The third-order valence-corrected chi connectivity index (χ3v) is 6.75. The minimum atomic E-state index is -0.770. The van der Waals surface area contributed by atoms with Crippen LogP contribution in [0.15, 0.2) is 54.6 Å². The minimum Gasteiger partial charge on any atom is -0.481 e. The van der Waals surface area contributed by atoms with E-state index in [1.54, 1.807) is 0 Å². The molecular formula is C23H30O4S. The molecule has 2 heterocycles.